The number of anilines is 1. The lowest BCUT2D eigenvalue weighted by Gasteiger charge is -2.36. The second-order valence-corrected chi connectivity index (χ2v) is 9.20. The van der Waals surface area contributed by atoms with Gasteiger partial charge in [0.05, 0.1) is 5.92 Å². The van der Waals surface area contributed by atoms with Gasteiger partial charge in [-0.25, -0.2) is 0 Å². The SMILES string of the molecule is CN1/C(=C\C(=O)COC(=O)C2C[C@@H]3CCC[C@@H](C2)C3=O)C(C)(C)c2ccccc21. The van der Waals surface area contributed by atoms with E-state index in [1.54, 1.807) is 6.08 Å². The Morgan fingerprint density at radius 1 is 1.17 bits per heavy atom. The van der Waals surface area contributed by atoms with Gasteiger partial charge in [-0.3, -0.25) is 14.4 Å². The molecule has 4 rings (SSSR count). The summed E-state index contributed by atoms with van der Waals surface area (Å²) in [6.45, 7) is 3.94. The molecule has 2 aliphatic carbocycles. The molecule has 2 fully saturated rings. The van der Waals surface area contributed by atoms with Crippen molar-refractivity contribution in [3.63, 3.8) is 0 Å². The van der Waals surface area contributed by atoms with E-state index >= 15 is 0 Å². The highest BCUT2D eigenvalue weighted by atomic mass is 16.5. The van der Waals surface area contributed by atoms with Crippen LogP contribution in [0.4, 0.5) is 5.69 Å². The summed E-state index contributed by atoms with van der Waals surface area (Å²) in [6.07, 6.45) is 5.59. The maximum Gasteiger partial charge on any atom is 0.309 e. The van der Waals surface area contributed by atoms with Gasteiger partial charge in [0.25, 0.3) is 0 Å². The quantitative estimate of drug-likeness (QED) is 0.573. The molecule has 0 radical (unpaired) electrons. The summed E-state index contributed by atoms with van der Waals surface area (Å²) in [7, 11) is 1.95. The van der Waals surface area contributed by atoms with Crippen molar-refractivity contribution < 1.29 is 19.1 Å². The lowest BCUT2D eigenvalue weighted by molar-refractivity contribution is -0.155. The van der Waals surface area contributed by atoms with E-state index in [1.807, 2.05) is 30.1 Å². The van der Waals surface area contributed by atoms with E-state index in [9.17, 15) is 14.4 Å². The highest BCUT2D eigenvalue weighted by molar-refractivity contribution is 5.95. The van der Waals surface area contributed by atoms with Crippen molar-refractivity contribution in [1.82, 2.24) is 0 Å². The Kier molecular flexibility index (Phi) is 5.09. The minimum Gasteiger partial charge on any atom is -0.457 e. The Morgan fingerprint density at radius 3 is 2.48 bits per heavy atom. The van der Waals surface area contributed by atoms with E-state index in [4.69, 9.17) is 4.74 Å². The fourth-order valence-electron chi connectivity index (χ4n) is 5.39. The van der Waals surface area contributed by atoms with E-state index in [0.717, 1.165) is 30.6 Å². The zero-order valence-corrected chi connectivity index (χ0v) is 17.4. The molecule has 0 unspecified atom stereocenters. The first-order valence-corrected chi connectivity index (χ1v) is 10.6. The average Bonchev–Trinajstić information content (AvgIpc) is 2.87. The average molecular weight is 395 g/mol. The van der Waals surface area contributed by atoms with Gasteiger partial charge in [0.2, 0.25) is 0 Å². The second kappa shape index (κ2) is 7.43. The van der Waals surface area contributed by atoms with Gasteiger partial charge in [-0.15, -0.1) is 0 Å². The summed E-state index contributed by atoms with van der Waals surface area (Å²) >= 11 is 0. The molecule has 5 heteroatoms. The van der Waals surface area contributed by atoms with Gasteiger partial charge in [-0.2, -0.15) is 0 Å². The molecule has 1 aliphatic heterocycles. The number of Topliss-reactive ketones (excluding diaryl/α,β-unsaturated/α-hetero) is 1. The molecule has 0 amide bonds. The molecule has 0 spiro atoms. The van der Waals surface area contributed by atoms with Crippen LogP contribution in [0.15, 0.2) is 36.0 Å². The maximum absolute atomic E-state index is 12.6. The Balaban J connectivity index is 1.39. The predicted octanol–water partition coefficient (Wildman–Crippen LogP) is 3.81. The zero-order chi connectivity index (χ0) is 20.8. The number of carbonyl (C=O) groups is 3. The van der Waals surface area contributed by atoms with Crippen LogP contribution in [0.1, 0.15) is 51.5 Å². The number of rotatable bonds is 4. The first kappa shape index (κ1) is 19.9. The van der Waals surface area contributed by atoms with Crippen molar-refractivity contribution in [2.45, 2.75) is 51.4 Å². The maximum atomic E-state index is 12.6. The van der Waals surface area contributed by atoms with Gasteiger partial charge in [0.15, 0.2) is 12.4 Å². The molecule has 0 saturated heterocycles. The molecule has 2 atom stereocenters. The minimum atomic E-state index is -0.330. The molecule has 0 N–H and O–H groups in total. The summed E-state index contributed by atoms with van der Waals surface area (Å²) in [4.78, 5) is 39.3. The standard InChI is InChI=1S/C24H29NO4/c1-24(2)19-9-4-5-10-20(19)25(3)21(24)13-18(26)14-29-23(28)17-11-15-7-6-8-16(12-17)22(15)27/h4-5,9-10,13,15-17H,6-8,11-12,14H2,1-3H3/b21-13-/t15-,16-/m0/s1. The van der Waals surface area contributed by atoms with Gasteiger partial charge in [-0.1, -0.05) is 38.5 Å². The molecular weight excluding hydrogens is 366 g/mol. The van der Waals surface area contributed by atoms with Crippen molar-refractivity contribution in [2.24, 2.45) is 17.8 Å². The molecule has 1 heterocycles. The van der Waals surface area contributed by atoms with Gasteiger partial charge in [-0.05, 0) is 37.3 Å². The number of carbonyl (C=O) groups excluding carboxylic acids is 3. The van der Waals surface area contributed by atoms with Crippen LogP contribution in [0.2, 0.25) is 0 Å². The van der Waals surface area contributed by atoms with Crippen LogP contribution in [-0.2, 0) is 24.5 Å². The van der Waals surface area contributed by atoms with Crippen LogP contribution in [0.3, 0.4) is 0 Å². The van der Waals surface area contributed by atoms with Crippen molar-refractivity contribution in [3.8, 4) is 0 Å². The number of likely N-dealkylation sites (N-methyl/N-ethyl adjacent to an activating group) is 1. The zero-order valence-electron chi connectivity index (χ0n) is 17.4. The normalized spacial score (nSPS) is 28.9. The van der Waals surface area contributed by atoms with Crippen LogP contribution in [-0.4, -0.2) is 31.2 Å². The Morgan fingerprint density at radius 2 is 1.83 bits per heavy atom. The molecule has 1 aromatic carbocycles. The molecule has 2 saturated carbocycles. The number of ketones is 2. The third-order valence-corrected chi connectivity index (χ3v) is 6.98. The summed E-state index contributed by atoms with van der Waals surface area (Å²) in [5.74, 6) is -0.462. The number of benzene rings is 1. The van der Waals surface area contributed by atoms with Crippen LogP contribution >= 0.6 is 0 Å². The number of hydrogen-bond donors (Lipinski definition) is 0. The van der Waals surface area contributed by atoms with Crippen LogP contribution in [0, 0.1) is 17.8 Å². The molecule has 5 nitrogen and oxygen atoms in total. The van der Waals surface area contributed by atoms with Gasteiger partial charge >= 0.3 is 5.97 Å². The smallest absolute Gasteiger partial charge is 0.309 e. The number of ether oxygens (including phenoxy) is 1. The monoisotopic (exact) mass is 395 g/mol. The summed E-state index contributed by atoms with van der Waals surface area (Å²) in [5, 5.41) is 0. The number of para-hydroxylation sites is 1. The third kappa shape index (κ3) is 3.52. The van der Waals surface area contributed by atoms with Crippen molar-refractivity contribution >= 4 is 23.2 Å². The largest absolute Gasteiger partial charge is 0.457 e. The van der Waals surface area contributed by atoms with Crippen molar-refractivity contribution in [2.75, 3.05) is 18.6 Å². The van der Waals surface area contributed by atoms with Gasteiger partial charge in [0.1, 0.15) is 5.78 Å². The predicted molar refractivity (Wildman–Crippen MR) is 110 cm³/mol. The molecule has 3 aliphatic rings. The minimum absolute atomic E-state index is 0.00399. The van der Waals surface area contributed by atoms with Gasteiger partial charge in [0, 0.05) is 41.8 Å². The number of esters is 1. The first-order chi connectivity index (χ1) is 13.8. The van der Waals surface area contributed by atoms with Crippen LogP contribution in [0.25, 0.3) is 0 Å². The summed E-state index contributed by atoms with van der Waals surface area (Å²) < 4.78 is 5.37. The van der Waals surface area contributed by atoms with Crippen LogP contribution in [0.5, 0.6) is 0 Å². The topological polar surface area (TPSA) is 63.7 Å². The van der Waals surface area contributed by atoms with Crippen LogP contribution < -0.4 is 4.90 Å². The third-order valence-electron chi connectivity index (χ3n) is 6.98. The highest BCUT2D eigenvalue weighted by Gasteiger charge is 2.42. The molecule has 29 heavy (non-hydrogen) atoms. The van der Waals surface area contributed by atoms with E-state index in [1.165, 1.54) is 5.56 Å². The van der Waals surface area contributed by atoms with Gasteiger partial charge < -0.3 is 9.64 Å². The van der Waals surface area contributed by atoms with Crippen molar-refractivity contribution in [3.05, 3.63) is 41.6 Å². The molecule has 0 aromatic heterocycles. The fraction of sp³-hybridized carbons (Fsp3) is 0.542. The number of hydrogen-bond acceptors (Lipinski definition) is 5. The molecule has 154 valence electrons. The Labute approximate surface area is 172 Å². The Hall–Kier alpha value is -2.43. The second-order valence-electron chi connectivity index (χ2n) is 9.20. The molecule has 1 aromatic rings. The number of nitrogens with zero attached hydrogens (tertiary/aromatic N) is 1. The van der Waals surface area contributed by atoms with Crippen molar-refractivity contribution in [1.29, 1.82) is 0 Å². The lowest BCUT2D eigenvalue weighted by atomic mass is 9.67. The number of allylic oxidation sites excluding steroid dienone is 1. The lowest BCUT2D eigenvalue weighted by Crippen LogP contribution is -2.39. The fourth-order valence-corrected chi connectivity index (χ4v) is 5.39. The summed E-state index contributed by atoms with van der Waals surface area (Å²) in [5.41, 5.74) is 2.88. The number of fused-ring (bicyclic) bond motifs is 3. The molecule has 2 bridgehead atoms. The van der Waals surface area contributed by atoms with E-state index in [2.05, 4.69) is 19.9 Å². The first-order valence-electron chi connectivity index (χ1n) is 10.6. The van der Waals surface area contributed by atoms with E-state index < -0.39 is 0 Å². The molecular formula is C24H29NO4. The Bertz CT molecular complexity index is 869. The summed E-state index contributed by atoms with van der Waals surface area (Å²) in [6, 6.07) is 8.12. The van der Waals surface area contributed by atoms with E-state index in [-0.39, 0.29) is 41.5 Å². The highest BCUT2D eigenvalue weighted by Crippen LogP contribution is 2.46. The van der Waals surface area contributed by atoms with E-state index in [0.29, 0.717) is 18.6 Å².